The summed E-state index contributed by atoms with van der Waals surface area (Å²) in [6.07, 6.45) is 0.108. The summed E-state index contributed by atoms with van der Waals surface area (Å²) in [4.78, 5) is 35.4. The highest BCUT2D eigenvalue weighted by atomic mass is 32.1. The van der Waals surface area contributed by atoms with Crippen LogP contribution in [0.2, 0.25) is 0 Å². The number of hydrogen-bond acceptors (Lipinski definition) is 5. The van der Waals surface area contributed by atoms with Crippen LogP contribution < -0.4 is 0 Å². The molecular formula is C12H20NO5S+. The number of quaternary nitrogens is 1. The number of rotatable bonds is 4. The molecule has 3 atom stereocenters. The molecule has 0 spiro atoms. The molecule has 0 saturated carbocycles. The Bertz CT molecular complexity index is 386. The summed E-state index contributed by atoms with van der Waals surface area (Å²) in [5.74, 6) is -1.57. The van der Waals surface area contributed by atoms with Crippen LogP contribution in [-0.2, 0) is 14.3 Å². The Labute approximate surface area is 117 Å². The van der Waals surface area contributed by atoms with Crippen molar-refractivity contribution < 1.29 is 28.7 Å². The summed E-state index contributed by atoms with van der Waals surface area (Å²) >= 11 is 4.06. The number of likely N-dealkylation sites (tertiary alicyclic amines) is 1. The van der Waals surface area contributed by atoms with E-state index < -0.39 is 28.4 Å². The average molecular weight is 290 g/mol. The molecule has 1 aliphatic rings. The Morgan fingerprint density at radius 1 is 1.47 bits per heavy atom. The Morgan fingerprint density at radius 2 is 2.11 bits per heavy atom. The van der Waals surface area contributed by atoms with Gasteiger partial charge in [0.1, 0.15) is 6.04 Å². The fraction of sp³-hybridized carbons (Fsp3) is 0.750. The van der Waals surface area contributed by atoms with Crippen LogP contribution >= 0.6 is 12.6 Å². The van der Waals surface area contributed by atoms with Crippen LogP contribution in [0, 0.1) is 5.92 Å². The quantitative estimate of drug-likeness (QED) is 0.463. The van der Waals surface area contributed by atoms with Crippen molar-refractivity contribution in [2.24, 2.45) is 5.92 Å². The van der Waals surface area contributed by atoms with Crippen molar-refractivity contribution in [3.05, 3.63) is 0 Å². The van der Waals surface area contributed by atoms with Crippen LogP contribution in [0.1, 0.15) is 26.2 Å². The van der Waals surface area contributed by atoms with Crippen molar-refractivity contribution in [3.8, 4) is 0 Å². The summed E-state index contributed by atoms with van der Waals surface area (Å²) in [5, 5.41) is 9.45. The number of esters is 1. The lowest BCUT2D eigenvalue weighted by atomic mass is 10.0. The molecule has 2 unspecified atom stereocenters. The van der Waals surface area contributed by atoms with E-state index in [0.29, 0.717) is 12.8 Å². The molecular weight excluding hydrogens is 270 g/mol. The van der Waals surface area contributed by atoms with E-state index in [2.05, 4.69) is 17.4 Å². The highest BCUT2D eigenvalue weighted by molar-refractivity contribution is 7.80. The van der Waals surface area contributed by atoms with Gasteiger partial charge in [-0.1, -0.05) is 0 Å². The molecule has 0 bridgehead atoms. The van der Waals surface area contributed by atoms with Gasteiger partial charge in [0.15, 0.2) is 0 Å². The van der Waals surface area contributed by atoms with Gasteiger partial charge in [0, 0.05) is 18.6 Å². The second-order valence-corrected chi connectivity index (χ2v) is 5.23. The minimum absolute atomic E-state index is 0.126. The normalized spacial score (nSPS) is 27.8. The second kappa shape index (κ2) is 6.38. The Morgan fingerprint density at radius 3 is 2.47 bits per heavy atom. The number of ether oxygens (including phenoxy) is 1. The first-order valence-corrected chi connectivity index (χ1v) is 6.86. The SMILES string of the molecule is COC(=O)CC(CS)C(=O)[N+]1(C(=O)O)CCC[C@H]1C. The monoisotopic (exact) mass is 290 g/mol. The van der Waals surface area contributed by atoms with Crippen LogP contribution in [0.5, 0.6) is 0 Å². The number of methoxy groups -OCH3 is 1. The van der Waals surface area contributed by atoms with Gasteiger partial charge in [-0.05, 0) is 6.92 Å². The number of thiol groups is 1. The molecule has 1 aliphatic heterocycles. The van der Waals surface area contributed by atoms with Gasteiger partial charge in [-0.25, -0.2) is 4.79 Å². The maximum absolute atomic E-state index is 12.5. The van der Waals surface area contributed by atoms with E-state index in [4.69, 9.17) is 0 Å². The molecule has 1 heterocycles. The predicted molar refractivity (Wildman–Crippen MR) is 70.8 cm³/mol. The second-order valence-electron chi connectivity index (χ2n) is 4.86. The number of carbonyl (C=O) groups excluding carboxylic acids is 2. The van der Waals surface area contributed by atoms with E-state index in [1.54, 1.807) is 6.92 Å². The van der Waals surface area contributed by atoms with Crippen molar-refractivity contribution in [2.75, 3.05) is 19.4 Å². The van der Waals surface area contributed by atoms with Crippen LogP contribution in [0.3, 0.4) is 0 Å². The van der Waals surface area contributed by atoms with Crippen LogP contribution in [0.15, 0.2) is 0 Å². The lowest BCUT2D eigenvalue weighted by Gasteiger charge is -2.32. The third kappa shape index (κ3) is 2.92. The van der Waals surface area contributed by atoms with Gasteiger partial charge in [0.2, 0.25) is 0 Å². The maximum atomic E-state index is 12.5. The minimum atomic E-state index is -1.15. The zero-order valence-corrected chi connectivity index (χ0v) is 12.1. The highest BCUT2D eigenvalue weighted by Gasteiger charge is 2.55. The molecule has 1 saturated heterocycles. The lowest BCUT2D eigenvalue weighted by molar-refractivity contribution is -0.794. The number of amides is 2. The van der Waals surface area contributed by atoms with Gasteiger partial charge in [-0.3, -0.25) is 4.79 Å². The van der Waals surface area contributed by atoms with E-state index in [1.165, 1.54) is 7.11 Å². The molecule has 2 amide bonds. The number of hydrogen-bond donors (Lipinski definition) is 2. The van der Waals surface area contributed by atoms with Crippen LogP contribution in [-0.4, -0.2) is 53.0 Å². The van der Waals surface area contributed by atoms with Gasteiger partial charge in [-0.15, -0.1) is 0 Å². The molecule has 0 aliphatic carbocycles. The maximum Gasteiger partial charge on any atom is 0.521 e. The standard InChI is InChI=1S/C12H19NO5S/c1-8-4-3-5-13(8,12(16)17)11(15)9(7-19)6-10(14)18-2/h8-9H,3-7H2,1-2H3,(H-,16,17,19)/p+1/t8-,9?,13?/m1/s1. The molecule has 1 rings (SSSR count). The summed E-state index contributed by atoms with van der Waals surface area (Å²) in [6.45, 7) is 2.04. The third-order valence-electron chi connectivity index (χ3n) is 3.83. The van der Waals surface area contributed by atoms with Crippen LogP contribution in [0.25, 0.3) is 0 Å². The topological polar surface area (TPSA) is 80.7 Å². The highest BCUT2D eigenvalue weighted by Crippen LogP contribution is 2.31. The number of carbonyl (C=O) groups is 3. The van der Waals surface area contributed by atoms with E-state index in [9.17, 15) is 19.5 Å². The molecule has 7 heteroatoms. The Hall–Kier alpha value is -1.08. The fourth-order valence-corrected chi connectivity index (χ4v) is 2.91. The molecule has 0 aromatic rings. The van der Waals surface area contributed by atoms with Crippen molar-refractivity contribution in [1.29, 1.82) is 0 Å². The van der Waals surface area contributed by atoms with E-state index in [-0.39, 0.29) is 24.8 Å². The summed E-state index contributed by atoms with van der Waals surface area (Å²) in [7, 11) is 1.24. The van der Waals surface area contributed by atoms with Crippen molar-refractivity contribution in [3.63, 3.8) is 0 Å². The smallest absolute Gasteiger partial charge is 0.469 e. The third-order valence-corrected chi connectivity index (χ3v) is 4.27. The van der Waals surface area contributed by atoms with Crippen molar-refractivity contribution >= 4 is 30.6 Å². The first-order valence-electron chi connectivity index (χ1n) is 6.23. The molecule has 0 radical (unpaired) electrons. The molecule has 19 heavy (non-hydrogen) atoms. The number of nitrogens with zero attached hydrogens (tertiary/aromatic N) is 1. The van der Waals surface area contributed by atoms with Gasteiger partial charge >= 0.3 is 18.0 Å². The van der Waals surface area contributed by atoms with Gasteiger partial charge in [0.25, 0.3) is 0 Å². The number of carboxylic acid groups (broad SMARTS) is 1. The van der Waals surface area contributed by atoms with E-state index in [0.717, 1.165) is 0 Å². The van der Waals surface area contributed by atoms with Gasteiger partial charge in [0.05, 0.1) is 26.0 Å². The first kappa shape index (κ1) is 16.0. The minimum Gasteiger partial charge on any atom is -0.469 e. The molecule has 108 valence electrons. The van der Waals surface area contributed by atoms with E-state index >= 15 is 0 Å². The molecule has 0 aromatic carbocycles. The van der Waals surface area contributed by atoms with Crippen molar-refractivity contribution in [1.82, 2.24) is 0 Å². The zero-order valence-electron chi connectivity index (χ0n) is 11.2. The van der Waals surface area contributed by atoms with Crippen molar-refractivity contribution in [2.45, 2.75) is 32.2 Å². The predicted octanol–water partition coefficient (Wildman–Crippen LogP) is 1.30. The summed E-state index contributed by atoms with van der Waals surface area (Å²) < 4.78 is 3.94. The zero-order chi connectivity index (χ0) is 14.6. The number of imide groups is 1. The van der Waals surface area contributed by atoms with Gasteiger partial charge in [-0.2, -0.15) is 21.9 Å². The molecule has 6 nitrogen and oxygen atoms in total. The Balaban J connectivity index is 2.99. The molecule has 0 aromatic heterocycles. The van der Waals surface area contributed by atoms with E-state index in [1.807, 2.05) is 0 Å². The Kier molecular flexibility index (Phi) is 5.37. The summed E-state index contributed by atoms with van der Waals surface area (Å²) in [5.41, 5.74) is 0. The molecule has 1 fully saturated rings. The summed E-state index contributed by atoms with van der Waals surface area (Å²) in [6, 6.07) is -0.273. The lowest BCUT2D eigenvalue weighted by Crippen LogP contribution is -2.61. The largest absolute Gasteiger partial charge is 0.521 e. The van der Waals surface area contributed by atoms with Crippen LogP contribution in [0.4, 0.5) is 4.79 Å². The first-order chi connectivity index (χ1) is 8.90. The average Bonchev–Trinajstić information content (AvgIpc) is 2.77. The fourth-order valence-electron chi connectivity index (χ4n) is 2.62. The molecule has 1 N–H and O–H groups in total. The van der Waals surface area contributed by atoms with Gasteiger partial charge < -0.3 is 9.84 Å².